The zero-order chi connectivity index (χ0) is 18.3. The van der Waals surface area contributed by atoms with Gasteiger partial charge in [-0.3, -0.25) is 4.98 Å². The van der Waals surface area contributed by atoms with E-state index < -0.39 is 0 Å². The second-order valence-corrected chi connectivity index (χ2v) is 7.62. The molecule has 0 radical (unpaired) electrons. The number of nitrogens with zero attached hydrogens (tertiary/aromatic N) is 3. The molecule has 7 heteroatoms. The Morgan fingerprint density at radius 2 is 2.08 bits per heavy atom. The van der Waals surface area contributed by atoms with Crippen molar-refractivity contribution in [1.29, 1.82) is 0 Å². The van der Waals surface area contributed by atoms with Gasteiger partial charge in [0.15, 0.2) is 5.82 Å². The zero-order valence-corrected chi connectivity index (χ0v) is 15.3. The van der Waals surface area contributed by atoms with Gasteiger partial charge in [-0.25, -0.2) is 0 Å². The van der Waals surface area contributed by atoms with Gasteiger partial charge in [-0.2, -0.15) is 0 Å². The summed E-state index contributed by atoms with van der Waals surface area (Å²) >= 11 is 5.94. The van der Waals surface area contributed by atoms with E-state index in [4.69, 9.17) is 16.3 Å². The van der Waals surface area contributed by atoms with Crippen molar-refractivity contribution in [3.63, 3.8) is 0 Å². The van der Waals surface area contributed by atoms with Crippen LogP contribution in [-0.4, -0.2) is 39.5 Å². The predicted molar refractivity (Wildman–Crippen MR) is 101 cm³/mol. The zero-order valence-electron chi connectivity index (χ0n) is 14.5. The van der Waals surface area contributed by atoms with E-state index in [0.717, 1.165) is 10.8 Å². The van der Waals surface area contributed by atoms with E-state index in [9.17, 15) is 5.11 Å². The Bertz CT molecular complexity index is 977. The highest BCUT2D eigenvalue weighted by atomic mass is 35.5. The standard InChI is InChI=1S/C19H19ClN4O2/c1-19(2)10-26-9-16(19)22-18-12-5-6-21-8-14(12)17(23-24-18)13-4-3-11(20)7-15(13)25/h3-8,16,25H,9-10H2,1-2H3,(H,22,24). The first-order chi connectivity index (χ1) is 12.5. The molecule has 1 unspecified atom stereocenters. The van der Waals surface area contributed by atoms with Crippen molar-refractivity contribution in [3.8, 4) is 17.0 Å². The number of halogens is 1. The number of pyridine rings is 1. The fourth-order valence-electron chi connectivity index (χ4n) is 3.18. The van der Waals surface area contributed by atoms with Gasteiger partial charge >= 0.3 is 0 Å². The molecule has 1 aromatic carbocycles. The van der Waals surface area contributed by atoms with Gasteiger partial charge in [0.2, 0.25) is 0 Å². The number of rotatable bonds is 3. The van der Waals surface area contributed by atoms with Gasteiger partial charge in [0.25, 0.3) is 0 Å². The van der Waals surface area contributed by atoms with Crippen LogP contribution in [0.1, 0.15) is 13.8 Å². The lowest BCUT2D eigenvalue weighted by molar-refractivity contribution is 0.167. The lowest BCUT2D eigenvalue weighted by Crippen LogP contribution is -2.35. The SMILES string of the molecule is CC1(C)COCC1Nc1nnc(-c2ccc(Cl)cc2O)c2cnccc12. The molecule has 1 aliphatic rings. The summed E-state index contributed by atoms with van der Waals surface area (Å²) in [5.74, 6) is 0.742. The fourth-order valence-corrected chi connectivity index (χ4v) is 3.34. The predicted octanol–water partition coefficient (Wildman–Crippen LogP) is 3.89. The van der Waals surface area contributed by atoms with Crippen molar-refractivity contribution in [3.05, 3.63) is 41.7 Å². The van der Waals surface area contributed by atoms with E-state index in [1.807, 2.05) is 6.07 Å². The maximum Gasteiger partial charge on any atom is 0.157 e. The first-order valence-electron chi connectivity index (χ1n) is 8.39. The number of anilines is 1. The fraction of sp³-hybridized carbons (Fsp3) is 0.316. The van der Waals surface area contributed by atoms with Gasteiger partial charge in [0.1, 0.15) is 11.4 Å². The number of fused-ring (bicyclic) bond motifs is 1. The molecule has 0 bridgehead atoms. The molecule has 134 valence electrons. The van der Waals surface area contributed by atoms with Gasteiger partial charge in [0, 0.05) is 39.2 Å². The molecule has 2 N–H and O–H groups in total. The molecule has 1 atom stereocenters. The van der Waals surface area contributed by atoms with Crippen molar-refractivity contribution < 1.29 is 9.84 Å². The van der Waals surface area contributed by atoms with Crippen LogP contribution in [0.4, 0.5) is 5.82 Å². The summed E-state index contributed by atoms with van der Waals surface area (Å²) in [4.78, 5) is 4.22. The third-order valence-corrected chi connectivity index (χ3v) is 5.04. The highest BCUT2D eigenvalue weighted by Gasteiger charge is 2.36. The Balaban J connectivity index is 1.81. The van der Waals surface area contributed by atoms with Gasteiger partial charge in [0.05, 0.1) is 19.3 Å². The van der Waals surface area contributed by atoms with Crippen molar-refractivity contribution >= 4 is 28.2 Å². The summed E-state index contributed by atoms with van der Waals surface area (Å²) in [5, 5.41) is 24.6. The van der Waals surface area contributed by atoms with Crippen LogP contribution in [0.25, 0.3) is 22.0 Å². The number of benzene rings is 1. The van der Waals surface area contributed by atoms with Gasteiger partial charge in [-0.1, -0.05) is 25.4 Å². The molecule has 0 aliphatic carbocycles. The van der Waals surface area contributed by atoms with Crippen LogP contribution >= 0.6 is 11.6 Å². The molecule has 26 heavy (non-hydrogen) atoms. The maximum atomic E-state index is 10.3. The number of ether oxygens (including phenoxy) is 1. The summed E-state index contributed by atoms with van der Waals surface area (Å²) in [6.07, 6.45) is 3.45. The minimum atomic E-state index is 0.00809. The molecule has 3 aromatic rings. The number of hydrogen-bond acceptors (Lipinski definition) is 6. The molecule has 1 saturated heterocycles. The summed E-state index contributed by atoms with van der Waals surface area (Å²) in [6.45, 7) is 5.65. The van der Waals surface area contributed by atoms with Crippen LogP contribution < -0.4 is 5.32 Å². The van der Waals surface area contributed by atoms with E-state index >= 15 is 0 Å². The highest BCUT2D eigenvalue weighted by molar-refractivity contribution is 6.30. The maximum absolute atomic E-state index is 10.3. The summed E-state index contributed by atoms with van der Waals surface area (Å²) in [5.41, 5.74) is 1.14. The minimum absolute atomic E-state index is 0.00809. The van der Waals surface area contributed by atoms with E-state index in [2.05, 4.69) is 34.3 Å². The van der Waals surface area contributed by atoms with Crippen molar-refractivity contribution in [2.75, 3.05) is 18.5 Å². The van der Waals surface area contributed by atoms with E-state index in [1.165, 1.54) is 6.07 Å². The number of aromatic hydroxyl groups is 1. The largest absolute Gasteiger partial charge is 0.507 e. The molecule has 0 spiro atoms. The minimum Gasteiger partial charge on any atom is -0.507 e. The van der Waals surface area contributed by atoms with Crippen LogP contribution in [0.3, 0.4) is 0 Å². The molecule has 6 nitrogen and oxygen atoms in total. The lowest BCUT2D eigenvalue weighted by atomic mass is 9.88. The second kappa shape index (κ2) is 6.37. The van der Waals surface area contributed by atoms with Crippen LogP contribution in [0, 0.1) is 5.41 Å². The Morgan fingerprint density at radius 3 is 2.81 bits per heavy atom. The monoisotopic (exact) mass is 370 g/mol. The molecular formula is C19H19ClN4O2. The van der Waals surface area contributed by atoms with Crippen LogP contribution in [0.5, 0.6) is 5.75 Å². The molecule has 4 rings (SSSR count). The van der Waals surface area contributed by atoms with E-state index in [0.29, 0.717) is 35.3 Å². The topological polar surface area (TPSA) is 80.2 Å². The van der Waals surface area contributed by atoms with Crippen LogP contribution in [-0.2, 0) is 4.74 Å². The Kier molecular flexibility index (Phi) is 4.17. The summed E-state index contributed by atoms with van der Waals surface area (Å²) < 4.78 is 5.61. The van der Waals surface area contributed by atoms with Gasteiger partial charge in [-0.15, -0.1) is 10.2 Å². The van der Waals surface area contributed by atoms with Crippen LogP contribution in [0.2, 0.25) is 5.02 Å². The number of nitrogens with one attached hydrogen (secondary N) is 1. The summed E-state index contributed by atoms with van der Waals surface area (Å²) in [6, 6.07) is 6.97. The Morgan fingerprint density at radius 1 is 1.23 bits per heavy atom. The average molecular weight is 371 g/mol. The average Bonchev–Trinajstić information content (AvgIpc) is 2.94. The number of phenolic OH excluding ortho intramolecular Hbond substituents is 1. The van der Waals surface area contributed by atoms with Crippen molar-refractivity contribution in [2.24, 2.45) is 5.41 Å². The molecule has 3 heterocycles. The summed E-state index contributed by atoms with van der Waals surface area (Å²) in [7, 11) is 0. The van der Waals surface area contributed by atoms with Crippen molar-refractivity contribution in [1.82, 2.24) is 15.2 Å². The molecule has 2 aromatic heterocycles. The first-order valence-corrected chi connectivity index (χ1v) is 8.77. The molecule has 1 aliphatic heterocycles. The van der Waals surface area contributed by atoms with E-state index in [-0.39, 0.29) is 17.2 Å². The van der Waals surface area contributed by atoms with Crippen LogP contribution in [0.15, 0.2) is 36.7 Å². The third-order valence-electron chi connectivity index (χ3n) is 4.81. The Labute approximate surface area is 156 Å². The first kappa shape index (κ1) is 17.0. The third kappa shape index (κ3) is 2.95. The molecular weight excluding hydrogens is 352 g/mol. The highest BCUT2D eigenvalue weighted by Crippen LogP contribution is 2.37. The number of phenols is 1. The van der Waals surface area contributed by atoms with E-state index in [1.54, 1.807) is 24.5 Å². The smallest absolute Gasteiger partial charge is 0.157 e. The Hall–Kier alpha value is -2.44. The normalized spacial score (nSPS) is 19.0. The van der Waals surface area contributed by atoms with Crippen molar-refractivity contribution in [2.45, 2.75) is 19.9 Å². The second-order valence-electron chi connectivity index (χ2n) is 7.18. The van der Waals surface area contributed by atoms with Gasteiger partial charge in [-0.05, 0) is 24.3 Å². The lowest BCUT2D eigenvalue weighted by Gasteiger charge is -2.26. The molecule has 0 amide bonds. The quantitative estimate of drug-likeness (QED) is 0.728. The molecule has 1 fully saturated rings. The van der Waals surface area contributed by atoms with Gasteiger partial charge < -0.3 is 15.2 Å². The molecule has 0 saturated carbocycles. The number of hydrogen-bond donors (Lipinski definition) is 2. The number of aromatic nitrogens is 3.